The van der Waals surface area contributed by atoms with Gasteiger partial charge in [0.15, 0.2) is 0 Å². The lowest BCUT2D eigenvalue weighted by atomic mass is 9.89. The summed E-state index contributed by atoms with van der Waals surface area (Å²) < 4.78 is 20.7. The van der Waals surface area contributed by atoms with E-state index < -0.39 is 17.8 Å². The lowest BCUT2D eigenvalue weighted by Gasteiger charge is -2.42. The molecule has 1 atom stereocenters. The van der Waals surface area contributed by atoms with Gasteiger partial charge in [0.2, 0.25) is 5.91 Å². The standard InChI is InChI=1S/C26H32ClFN4O4S/c1-16(2)14-32(17-4-3-5-17)21(13-29-26(35)22-8-9-23(27)37-22)25(34)30-20-7-6-18(12-19(20)28)31-10-11-36-15-24(31)33/h6-9,12,16-17,21H,3-5,10-11,13-15H2,1-2H3,(H,29,35)(H,30,34)/t21-/m1/s1. The van der Waals surface area contributed by atoms with Gasteiger partial charge in [0, 0.05) is 31.4 Å². The monoisotopic (exact) mass is 550 g/mol. The number of halogens is 2. The zero-order valence-corrected chi connectivity index (χ0v) is 22.5. The van der Waals surface area contributed by atoms with Crippen LogP contribution in [0.1, 0.15) is 42.8 Å². The summed E-state index contributed by atoms with van der Waals surface area (Å²) in [5, 5.41) is 5.59. The fraction of sp³-hybridized carbons (Fsp3) is 0.500. The number of nitrogens with zero attached hydrogens (tertiary/aromatic N) is 2. The van der Waals surface area contributed by atoms with Crippen molar-refractivity contribution in [2.24, 2.45) is 5.92 Å². The van der Waals surface area contributed by atoms with Crippen LogP contribution in [0.2, 0.25) is 4.34 Å². The second kappa shape index (κ2) is 12.3. The Bertz CT molecular complexity index is 1140. The molecule has 0 spiro atoms. The predicted molar refractivity (Wildman–Crippen MR) is 143 cm³/mol. The van der Waals surface area contributed by atoms with Gasteiger partial charge >= 0.3 is 0 Å². The second-order valence-electron chi connectivity index (χ2n) is 9.76. The van der Waals surface area contributed by atoms with E-state index in [-0.39, 0.29) is 36.7 Å². The van der Waals surface area contributed by atoms with Gasteiger partial charge < -0.3 is 20.3 Å². The van der Waals surface area contributed by atoms with E-state index >= 15 is 4.39 Å². The molecule has 0 bridgehead atoms. The summed E-state index contributed by atoms with van der Waals surface area (Å²) in [6.07, 6.45) is 3.03. The first-order valence-electron chi connectivity index (χ1n) is 12.5. The van der Waals surface area contributed by atoms with Crippen LogP contribution in [0.25, 0.3) is 0 Å². The van der Waals surface area contributed by atoms with Crippen molar-refractivity contribution < 1.29 is 23.5 Å². The Hall–Kier alpha value is -2.53. The summed E-state index contributed by atoms with van der Waals surface area (Å²) >= 11 is 7.14. The minimum absolute atomic E-state index is 0.0222. The van der Waals surface area contributed by atoms with Crippen molar-refractivity contribution in [2.45, 2.75) is 45.2 Å². The number of morpholine rings is 1. The van der Waals surface area contributed by atoms with Gasteiger partial charge in [-0.05, 0) is 49.1 Å². The number of anilines is 2. The summed E-state index contributed by atoms with van der Waals surface area (Å²) in [5.41, 5.74) is 0.437. The number of amides is 3. The van der Waals surface area contributed by atoms with Gasteiger partial charge in [-0.2, -0.15) is 0 Å². The maximum absolute atomic E-state index is 15.1. The highest BCUT2D eigenvalue weighted by atomic mass is 35.5. The molecule has 2 aromatic rings. The average molecular weight is 551 g/mol. The first kappa shape index (κ1) is 27.5. The Kier molecular flexibility index (Phi) is 9.17. The van der Waals surface area contributed by atoms with E-state index in [0.717, 1.165) is 19.3 Å². The van der Waals surface area contributed by atoms with Crippen molar-refractivity contribution in [3.8, 4) is 0 Å². The van der Waals surface area contributed by atoms with Crippen molar-refractivity contribution >= 4 is 52.0 Å². The Morgan fingerprint density at radius 2 is 2.05 bits per heavy atom. The van der Waals surface area contributed by atoms with E-state index in [1.807, 2.05) is 0 Å². The molecule has 0 unspecified atom stereocenters. The van der Waals surface area contributed by atoms with Gasteiger partial charge in [0.25, 0.3) is 11.8 Å². The normalized spacial score (nSPS) is 17.1. The zero-order chi connectivity index (χ0) is 26.5. The SMILES string of the molecule is CC(C)CN(C1CCC1)[C@H](CNC(=O)c1ccc(Cl)s1)C(=O)Nc1ccc(N2CCOCC2=O)cc1F. The Morgan fingerprint density at radius 1 is 1.27 bits per heavy atom. The Labute approximate surface area is 225 Å². The average Bonchev–Trinajstić information content (AvgIpc) is 3.25. The summed E-state index contributed by atoms with van der Waals surface area (Å²) in [4.78, 5) is 42.4. The fourth-order valence-electron chi connectivity index (χ4n) is 4.52. The van der Waals surface area contributed by atoms with Gasteiger partial charge in [-0.15, -0.1) is 11.3 Å². The molecule has 4 rings (SSSR count). The number of thiophene rings is 1. The number of carbonyl (C=O) groups is 3. The third kappa shape index (κ3) is 6.87. The van der Waals surface area contributed by atoms with Crippen LogP contribution in [0.3, 0.4) is 0 Å². The van der Waals surface area contributed by atoms with Crippen LogP contribution >= 0.6 is 22.9 Å². The van der Waals surface area contributed by atoms with Crippen LogP contribution in [0.4, 0.5) is 15.8 Å². The topological polar surface area (TPSA) is 91.0 Å². The molecule has 2 aliphatic rings. The molecule has 1 aliphatic heterocycles. The number of ether oxygens (including phenoxy) is 1. The first-order chi connectivity index (χ1) is 17.7. The summed E-state index contributed by atoms with van der Waals surface area (Å²) in [6.45, 7) is 5.58. The number of carbonyl (C=O) groups excluding carboxylic acids is 3. The molecule has 2 N–H and O–H groups in total. The van der Waals surface area contributed by atoms with Gasteiger partial charge in [-0.3, -0.25) is 19.3 Å². The van der Waals surface area contributed by atoms with E-state index in [1.54, 1.807) is 18.2 Å². The lowest BCUT2D eigenvalue weighted by Crippen LogP contribution is -2.57. The third-order valence-electron chi connectivity index (χ3n) is 6.58. The third-order valence-corrected chi connectivity index (χ3v) is 7.81. The van der Waals surface area contributed by atoms with Crippen LogP contribution in [0.15, 0.2) is 30.3 Å². The van der Waals surface area contributed by atoms with Gasteiger partial charge in [0.05, 0.1) is 21.5 Å². The number of benzene rings is 1. The molecular weight excluding hydrogens is 519 g/mol. The van der Waals surface area contributed by atoms with Crippen LogP contribution < -0.4 is 15.5 Å². The second-order valence-corrected chi connectivity index (χ2v) is 11.5. The number of hydrogen-bond acceptors (Lipinski definition) is 6. The van der Waals surface area contributed by atoms with Gasteiger partial charge in [-0.25, -0.2) is 4.39 Å². The predicted octanol–water partition coefficient (Wildman–Crippen LogP) is 4.15. The summed E-state index contributed by atoms with van der Waals surface area (Å²) in [5.74, 6) is -1.29. The van der Waals surface area contributed by atoms with Crippen molar-refractivity contribution in [2.75, 3.05) is 43.1 Å². The van der Waals surface area contributed by atoms with E-state index in [9.17, 15) is 14.4 Å². The quantitative estimate of drug-likeness (QED) is 0.464. The molecule has 1 saturated heterocycles. The van der Waals surface area contributed by atoms with Crippen molar-refractivity contribution in [1.82, 2.24) is 10.2 Å². The molecule has 1 saturated carbocycles. The van der Waals surface area contributed by atoms with Crippen molar-refractivity contribution in [3.63, 3.8) is 0 Å². The van der Waals surface area contributed by atoms with Crippen LogP contribution in [-0.2, 0) is 14.3 Å². The molecule has 3 amide bonds. The number of rotatable bonds is 10. The highest BCUT2D eigenvalue weighted by molar-refractivity contribution is 7.18. The van der Waals surface area contributed by atoms with E-state index in [1.165, 1.54) is 28.4 Å². The maximum Gasteiger partial charge on any atom is 0.261 e. The van der Waals surface area contributed by atoms with Crippen LogP contribution in [-0.4, -0.2) is 67.6 Å². The summed E-state index contributed by atoms with van der Waals surface area (Å²) in [6, 6.07) is 7.15. The smallest absolute Gasteiger partial charge is 0.261 e. The van der Waals surface area contributed by atoms with Gasteiger partial charge in [-0.1, -0.05) is 31.9 Å². The molecule has 200 valence electrons. The molecular formula is C26H32ClFN4O4S. The van der Waals surface area contributed by atoms with E-state index in [0.29, 0.717) is 40.5 Å². The van der Waals surface area contributed by atoms with Crippen molar-refractivity contribution in [1.29, 1.82) is 0 Å². The summed E-state index contributed by atoms with van der Waals surface area (Å²) in [7, 11) is 0. The molecule has 8 nitrogen and oxygen atoms in total. The highest BCUT2D eigenvalue weighted by Gasteiger charge is 2.35. The minimum atomic E-state index is -0.688. The molecule has 1 aliphatic carbocycles. The number of nitrogens with one attached hydrogen (secondary N) is 2. The molecule has 0 radical (unpaired) electrons. The number of hydrogen-bond donors (Lipinski definition) is 2. The molecule has 11 heteroatoms. The van der Waals surface area contributed by atoms with Crippen LogP contribution in [0, 0.1) is 11.7 Å². The Balaban J connectivity index is 1.51. The fourth-order valence-corrected chi connectivity index (χ4v) is 5.48. The largest absolute Gasteiger partial charge is 0.370 e. The highest BCUT2D eigenvalue weighted by Crippen LogP contribution is 2.29. The minimum Gasteiger partial charge on any atom is -0.370 e. The molecule has 2 fully saturated rings. The molecule has 37 heavy (non-hydrogen) atoms. The van der Waals surface area contributed by atoms with Gasteiger partial charge in [0.1, 0.15) is 18.5 Å². The molecule has 1 aromatic carbocycles. The molecule has 2 heterocycles. The maximum atomic E-state index is 15.1. The molecule has 1 aromatic heterocycles. The van der Waals surface area contributed by atoms with E-state index in [2.05, 4.69) is 29.4 Å². The van der Waals surface area contributed by atoms with E-state index in [4.69, 9.17) is 16.3 Å². The van der Waals surface area contributed by atoms with Crippen molar-refractivity contribution in [3.05, 3.63) is 45.4 Å². The lowest BCUT2D eigenvalue weighted by molar-refractivity contribution is -0.125. The van der Waals surface area contributed by atoms with Crippen LogP contribution in [0.5, 0.6) is 0 Å². The zero-order valence-electron chi connectivity index (χ0n) is 21.0. The Morgan fingerprint density at radius 3 is 2.65 bits per heavy atom. The first-order valence-corrected chi connectivity index (χ1v) is 13.7.